The molecule has 0 amide bonds. The van der Waals surface area contributed by atoms with Crippen molar-refractivity contribution in [1.29, 1.82) is 0 Å². The van der Waals surface area contributed by atoms with Gasteiger partial charge in [-0.25, -0.2) is 9.97 Å². The first-order valence-electron chi connectivity index (χ1n) is 7.95. The van der Waals surface area contributed by atoms with Gasteiger partial charge in [-0.3, -0.25) is 0 Å². The van der Waals surface area contributed by atoms with Crippen molar-refractivity contribution in [3.05, 3.63) is 66.5 Å². The van der Waals surface area contributed by atoms with Crippen molar-refractivity contribution in [2.75, 3.05) is 22.5 Å². The lowest BCUT2D eigenvalue weighted by atomic mass is 10.2. The van der Waals surface area contributed by atoms with Crippen molar-refractivity contribution in [2.24, 2.45) is 0 Å². The summed E-state index contributed by atoms with van der Waals surface area (Å²) in [7, 11) is 0. The van der Waals surface area contributed by atoms with Crippen LogP contribution in [0.25, 0.3) is 0 Å². The molecule has 24 heavy (non-hydrogen) atoms. The third kappa shape index (κ3) is 3.30. The molecular weight excluding hydrogens is 298 g/mol. The van der Waals surface area contributed by atoms with Crippen LogP contribution in [0.2, 0.25) is 0 Å². The van der Waals surface area contributed by atoms with Crippen molar-refractivity contribution >= 4 is 28.7 Å². The molecule has 0 aliphatic carbocycles. The number of hydrogen-bond acceptors (Lipinski definition) is 5. The maximum Gasteiger partial charge on any atom is 0.161 e. The molecule has 0 atom stereocenters. The molecule has 2 aromatic carbocycles. The van der Waals surface area contributed by atoms with Gasteiger partial charge in [-0.2, -0.15) is 0 Å². The summed E-state index contributed by atoms with van der Waals surface area (Å²) in [6.45, 7) is 4.88. The van der Waals surface area contributed by atoms with Gasteiger partial charge in [0.05, 0.1) is 0 Å². The Morgan fingerprint density at radius 3 is 2.54 bits per heavy atom. The van der Waals surface area contributed by atoms with Gasteiger partial charge in [-0.15, -0.1) is 0 Å². The maximum absolute atomic E-state index is 6.35. The lowest BCUT2D eigenvalue weighted by Gasteiger charge is -2.24. The van der Waals surface area contributed by atoms with Crippen molar-refractivity contribution in [3.63, 3.8) is 0 Å². The van der Waals surface area contributed by atoms with Crippen LogP contribution >= 0.6 is 0 Å². The van der Waals surface area contributed by atoms with Crippen molar-refractivity contribution in [2.45, 2.75) is 13.8 Å². The van der Waals surface area contributed by atoms with E-state index in [2.05, 4.69) is 33.2 Å². The van der Waals surface area contributed by atoms with Gasteiger partial charge in [0, 0.05) is 17.9 Å². The van der Waals surface area contributed by atoms with E-state index in [0.717, 1.165) is 17.9 Å². The molecule has 0 radical (unpaired) electrons. The molecule has 0 aliphatic rings. The second-order valence-electron chi connectivity index (χ2n) is 5.53. The molecular formula is C19H21N5. The Morgan fingerprint density at radius 2 is 1.83 bits per heavy atom. The number of aromatic nitrogens is 2. The van der Waals surface area contributed by atoms with Crippen LogP contribution in [-0.4, -0.2) is 16.5 Å². The molecule has 5 nitrogen and oxygen atoms in total. The minimum atomic E-state index is 0.532. The Bertz CT molecular complexity index is 817. The third-order valence-corrected chi connectivity index (χ3v) is 3.78. The van der Waals surface area contributed by atoms with E-state index in [1.165, 1.54) is 11.9 Å². The molecule has 0 saturated carbocycles. The fourth-order valence-electron chi connectivity index (χ4n) is 2.62. The maximum atomic E-state index is 6.35. The molecule has 1 heterocycles. The molecule has 0 bridgehead atoms. The topological polar surface area (TPSA) is 67.1 Å². The van der Waals surface area contributed by atoms with Gasteiger partial charge in [0.1, 0.15) is 12.0 Å². The molecule has 0 spiro atoms. The summed E-state index contributed by atoms with van der Waals surface area (Å²) in [6, 6.07) is 18.2. The monoisotopic (exact) mass is 319 g/mol. The zero-order valence-corrected chi connectivity index (χ0v) is 13.9. The zero-order chi connectivity index (χ0) is 16.9. The van der Waals surface area contributed by atoms with Gasteiger partial charge in [0.15, 0.2) is 11.6 Å². The molecule has 0 unspecified atom stereocenters. The highest BCUT2D eigenvalue weighted by molar-refractivity contribution is 5.81. The van der Waals surface area contributed by atoms with Crippen LogP contribution in [0.15, 0.2) is 60.9 Å². The number of nitrogen functional groups attached to an aromatic ring is 1. The van der Waals surface area contributed by atoms with Crippen LogP contribution in [0.3, 0.4) is 0 Å². The van der Waals surface area contributed by atoms with Crippen LogP contribution < -0.4 is 16.0 Å². The molecule has 1 aromatic heterocycles. The Balaban J connectivity index is 1.95. The summed E-state index contributed by atoms with van der Waals surface area (Å²) in [5.74, 6) is 1.31. The minimum absolute atomic E-state index is 0.532. The molecule has 3 rings (SSSR count). The van der Waals surface area contributed by atoms with Crippen LogP contribution in [0.1, 0.15) is 12.5 Å². The number of hydrogen-bond donors (Lipinski definition) is 2. The largest absolute Gasteiger partial charge is 0.393 e. The number of aryl methyl sites for hydroxylation is 1. The van der Waals surface area contributed by atoms with Gasteiger partial charge in [0.25, 0.3) is 0 Å². The summed E-state index contributed by atoms with van der Waals surface area (Å²) < 4.78 is 0. The first-order chi connectivity index (χ1) is 11.7. The van der Waals surface area contributed by atoms with Gasteiger partial charge >= 0.3 is 0 Å². The van der Waals surface area contributed by atoms with Crippen molar-refractivity contribution < 1.29 is 0 Å². The highest BCUT2D eigenvalue weighted by Crippen LogP contribution is 2.32. The Labute approximate surface area is 142 Å². The molecule has 3 N–H and O–H groups in total. The Kier molecular flexibility index (Phi) is 4.61. The van der Waals surface area contributed by atoms with E-state index in [1.807, 2.05) is 55.5 Å². The minimum Gasteiger partial charge on any atom is -0.393 e. The second-order valence-corrected chi connectivity index (χ2v) is 5.53. The summed E-state index contributed by atoms with van der Waals surface area (Å²) in [5, 5.41) is 3.28. The van der Waals surface area contributed by atoms with Gasteiger partial charge in [0.2, 0.25) is 0 Å². The first-order valence-corrected chi connectivity index (χ1v) is 7.95. The fourth-order valence-corrected chi connectivity index (χ4v) is 2.62. The highest BCUT2D eigenvalue weighted by atomic mass is 15.2. The van der Waals surface area contributed by atoms with Crippen LogP contribution in [-0.2, 0) is 0 Å². The van der Waals surface area contributed by atoms with E-state index in [-0.39, 0.29) is 0 Å². The standard InChI is InChI=1S/C19H21N5/c1-3-24(16-10-5-4-6-11-16)19-17(20)18(21-13-22-19)23-15-9-7-8-14(2)12-15/h4-13H,3,20H2,1-2H3,(H,21,22,23). The van der Waals surface area contributed by atoms with E-state index < -0.39 is 0 Å². The number of para-hydroxylation sites is 1. The van der Waals surface area contributed by atoms with E-state index in [9.17, 15) is 0 Å². The molecule has 122 valence electrons. The third-order valence-electron chi connectivity index (χ3n) is 3.78. The molecule has 5 heteroatoms. The normalized spacial score (nSPS) is 10.4. The Morgan fingerprint density at radius 1 is 1.04 bits per heavy atom. The number of nitrogens with one attached hydrogen (secondary N) is 1. The zero-order valence-electron chi connectivity index (χ0n) is 13.9. The summed E-state index contributed by atoms with van der Waals surface area (Å²) in [6.07, 6.45) is 1.54. The van der Waals surface area contributed by atoms with Gasteiger partial charge in [-0.05, 0) is 43.7 Å². The predicted octanol–water partition coefficient (Wildman–Crippen LogP) is 4.27. The van der Waals surface area contributed by atoms with Gasteiger partial charge < -0.3 is 16.0 Å². The van der Waals surface area contributed by atoms with E-state index in [4.69, 9.17) is 5.73 Å². The second kappa shape index (κ2) is 7.00. The van der Waals surface area contributed by atoms with Crippen molar-refractivity contribution in [1.82, 2.24) is 9.97 Å². The number of nitrogens with two attached hydrogens (primary N) is 1. The van der Waals surface area contributed by atoms with E-state index in [0.29, 0.717) is 17.3 Å². The number of rotatable bonds is 5. The predicted molar refractivity (Wildman–Crippen MR) is 100 cm³/mol. The molecule has 0 saturated heterocycles. The quantitative estimate of drug-likeness (QED) is 0.735. The fraction of sp³-hybridized carbons (Fsp3) is 0.158. The molecule has 0 aliphatic heterocycles. The smallest absolute Gasteiger partial charge is 0.161 e. The first kappa shape index (κ1) is 15.8. The summed E-state index contributed by atoms with van der Waals surface area (Å²) in [4.78, 5) is 10.8. The Hall–Kier alpha value is -3.08. The van der Waals surface area contributed by atoms with Gasteiger partial charge in [-0.1, -0.05) is 30.3 Å². The lowest BCUT2D eigenvalue weighted by molar-refractivity contribution is 0.980. The average molecular weight is 319 g/mol. The number of benzene rings is 2. The average Bonchev–Trinajstić information content (AvgIpc) is 2.60. The van der Waals surface area contributed by atoms with Crippen LogP contribution in [0, 0.1) is 6.92 Å². The molecule has 3 aromatic rings. The van der Waals surface area contributed by atoms with Crippen LogP contribution in [0.5, 0.6) is 0 Å². The SMILES string of the molecule is CCN(c1ccccc1)c1ncnc(Nc2cccc(C)c2)c1N. The summed E-state index contributed by atoms with van der Waals surface area (Å²) >= 11 is 0. The number of anilines is 5. The highest BCUT2D eigenvalue weighted by Gasteiger charge is 2.15. The van der Waals surface area contributed by atoms with E-state index in [1.54, 1.807) is 0 Å². The lowest BCUT2D eigenvalue weighted by Crippen LogP contribution is -2.19. The molecule has 0 fully saturated rings. The van der Waals surface area contributed by atoms with Crippen LogP contribution in [0.4, 0.5) is 28.7 Å². The summed E-state index contributed by atoms with van der Waals surface area (Å²) in [5.41, 5.74) is 10.1. The van der Waals surface area contributed by atoms with Crippen molar-refractivity contribution in [3.8, 4) is 0 Å². The van der Waals surface area contributed by atoms with E-state index >= 15 is 0 Å². The number of nitrogens with zero attached hydrogens (tertiary/aromatic N) is 3.